The number of nitrogens with zero attached hydrogens (tertiary/aromatic N) is 1. The molecule has 1 heterocycles. The van der Waals surface area contributed by atoms with Gasteiger partial charge in [-0.15, -0.1) is 0 Å². The van der Waals surface area contributed by atoms with Gasteiger partial charge in [0.2, 0.25) is 0 Å². The van der Waals surface area contributed by atoms with Crippen molar-refractivity contribution in [3.8, 4) is 0 Å². The summed E-state index contributed by atoms with van der Waals surface area (Å²) in [6.45, 7) is 4.07. The van der Waals surface area contributed by atoms with Crippen molar-refractivity contribution < 1.29 is 9.53 Å². The van der Waals surface area contributed by atoms with Gasteiger partial charge in [-0.3, -0.25) is 9.78 Å². The summed E-state index contributed by atoms with van der Waals surface area (Å²) in [5.41, 5.74) is 7.33. The van der Waals surface area contributed by atoms with Crippen molar-refractivity contribution in [2.24, 2.45) is 0 Å². The van der Waals surface area contributed by atoms with Crippen LogP contribution in [0.25, 0.3) is 0 Å². The zero-order chi connectivity index (χ0) is 13.9. The molecule has 19 heavy (non-hydrogen) atoms. The largest absolute Gasteiger partial charge is 0.465 e. The molecule has 0 bridgehead atoms. The lowest BCUT2D eigenvalue weighted by atomic mass is 9.74. The number of carbonyl (C=O) groups excluding carboxylic acids is 1. The topological polar surface area (TPSA) is 65.2 Å². The zero-order valence-corrected chi connectivity index (χ0v) is 11.5. The quantitative estimate of drug-likeness (QED) is 0.670. The number of nitrogen functional groups attached to an aromatic ring is 1. The minimum absolute atomic E-state index is 0.184. The minimum atomic E-state index is -0.650. The SMILES string of the molecule is CCOC(=O)C1(c2ccc(N)c(C)n2)CC=CCC1. The predicted molar refractivity (Wildman–Crippen MR) is 74.7 cm³/mol. The third-order valence-electron chi connectivity index (χ3n) is 3.65. The Bertz CT molecular complexity index is 511. The van der Waals surface area contributed by atoms with Gasteiger partial charge in [0.25, 0.3) is 0 Å². The number of aryl methyl sites for hydroxylation is 1. The minimum Gasteiger partial charge on any atom is -0.465 e. The Morgan fingerprint density at radius 3 is 2.84 bits per heavy atom. The highest BCUT2D eigenvalue weighted by Crippen LogP contribution is 2.37. The van der Waals surface area contributed by atoms with Gasteiger partial charge in [-0.2, -0.15) is 0 Å². The van der Waals surface area contributed by atoms with Gasteiger partial charge in [-0.1, -0.05) is 12.2 Å². The number of aromatic nitrogens is 1. The number of anilines is 1. The second-order valence-corrected chi connectivity index (χ2v) is 4.89. The van der Waals surface area contributed by atoms with Gasteiger partial charge in [0, 0.05) is 0 Å². The van der Waals surface area contributed by atoms with E-state index in [9.17, 15) is 4.79 Å². The lowest BCUT2D eigenvalue weighted by molar-refractivity contribution is -0.150. The zero-order valence-electron chi connectivity index (χ0n) is 11.5. The van der Waals surface area contributed by atoms with Crippen LogP contribution in [0.1, 0.15) is 37.6 Å². The third-order valence-corrected chi connectivity index (χ3v) is 3.65. The van der Waals surface area contributed by atoms with Crippen molar-refractivity contribution in [2.45, 2.75) is 38.5 Å². The number of pyridine rings is 1. The first kappa shape index (κ1) is 13.6. The van der Waals surface area contributed by atoms with Crippen molar-refractivity contribution in [1.29, 1.82) is 0 Å². The number of nitrogens with two attached hydrogens (primary N) is 1. The van der Waals surface area contributed by atoms with Crippen LogP contribution in [0.5, 0.6) is 0 Å². The summed E-state index contributed by atoms with van der Waals surface area (Å²) < 4.78 is 5.27. The van der Waals surface area contributed by atoms with Crippen LogP contribution in [-0.2, 0) is 14.9 Å². The molecule has 1 unspecified atom stereocenters. The van der Waals surface area contributed by atoms with E-state index in [2.05, 4.69) is 11.1 Å². The molecular weight excluding hydrogens is 240 g/mol. The summed E-state index contributed by atoms with van der Waals surface area (Å²) in [7, 11) is 0. The van der Waals surface area contributed by atoms with Crippen molar-refractivity contribution in [3.63, 3.8) is 0 Å². The first-order chi connectivity index (χ1) is 9.10. The third kappa shape index (κ3) is 2.48. The fraction of sp³-hybridized carbons (Fsp3) is 0.467. The second kappa shape index (κ2) is 5.43. The molecule has 4 heteroatoms. The van der Waals surface area contributed by atoms with E-state index in [1.54, 1.807) is 0 Å². The smallest absolute Gasteiger partial charge is 0.318 e. The average Bonchev–Trinajstić information content (AvgIpc) is 2.43. The van der Waals surface area contributed by atoms with Crippen LogP contribution in [-0.4, -0.2) is 17.6 Å². The van der Waals surface area contributed by atoms with Gasteiger partial charge in [0.15, 0.2) is 0 Å². The van der Waals surface area contributed by atoms with Crippen molar-refractivity contribution in [3.05, 3.63) is 35.7 Å². The average molecular weight is 260 g/mol. The van der Waals surface area contributed by atoms with E-state index in [4.69, 9.17) is 10.5 Å². The number of carbonyl (C=O) groups is 1. The van der Waals surface area contributed by atoms with Crippen LogP contribution < -0.4 is 5.73 Å². The molecule has 4 nitrogen and oxygen atoms in total. The summed E-state index contributed by atoms with van der Waals surface area (Å²) in [5, 5.41) is 0. The van der Waals surface area contributed by atoms with E-state index in [1.165, 1.54) is 0 Å². The highest BCUT2D eigenvalue weighted by Gasteiger charge is 2.42. The van der Waals surface area contributed by atoms with Crippen molar-refractivity contribution in [1.82, 2.24) is 4.98 Å². The molecule has 0 radical (unpaired) electrons. The Morgan fingerprint density at radius 1 is 1.47 bits per heavy atom. The molecule has 2 rings (SSSR count). The van der Waals surface area contributed by atoms with Gasteiger partial charge in [0.05, 0.1) is 23.7 Å². The summed E-state index contributed by atoms with van der Waals surface area (Å²) in [4.78, 5) is 16.9. The number of rotatable bonds is 3. The van der Waals surface area contributed by atoms with Gasteiger partial charge in [-0.05, 0) is 45.2 Å². The molecule has 0 aliphatic heterocycles. The maximum Gasteiger partial charge on any atom is 0.318 e. The lowest BCUT2D eigenvalue weighted by Gasteiger charge is -2.32. The van der Waals surface area contributed by atoms with Crippen LogP contribution in [0.4, 0.5) is 5.69 Å². The molecule has 0 amide bonds. The fourth-order valence-corrected chi connectivity index (χ4v) is 2.46. The van der Waals surface area contributed by atoms with Crippen LogP contribution in [0, 0.1) is 6.92 Å². The summed E-state index contributed by atoms with van der Waals surface area (Å²) >= 11 is 0. The van der Waals surface area contributed by atoms with Crippen molar-refractivity contribution >= 4 is 11.7 Å². The molecule has 0 saturated carbocycles. The molecular formula is C15H20N2O2. The maximum atomic E-state index is 12.4. The van der Waals surface area contributed by atoms with Crippen LogP contribution in [0.3, 0.4) is 0 Å². The van der Waals surface area contributed by atoms with Gasteiger partial charge < -0.3 is 10.5 Å². The number of allylic oxidation sites excluding steroid dienone is 2. The molecule has 0 fully saturated rings. The van der Waals surface area contributed by atoms with E-state index in [0.717, 1.165) is 24.2 Å². The second-order valence-electron chi connectivity index (χ2n) is 4.89. The first-order valence-corrected chi connectivity index (χ1v) is 6.66. The fourth-order valence-electron chi connectivity index (χ4n) is 2.46. The number of hydrogen-bond donors (Lipinski definition) is 1. The Hall–Kier alpha value is -1.84. The molecule has 1 aliphatic carbocycles. The number of esters is 1. The first-order valence-electron chi connectivity index (χ1n) is 6.66. The molecule has 102 valence electrons. The molecule has 2 N–H and O–H groups in total. The van der Waals surface area contributed by atoms with E-state index < -0.39 is 5.41 Å². The van der Waals surface area contributed by atoms with Crippen LogP contribution in [0.2, 0.25) is 0 Å². The van der Waals surface area contributed by atoms with Gasteiger partial charge in [-0.25, -0.2) is 0 Å². The molecule has 1 aromatic rings. The molecule has 1 atom stereocenters. The Balaban J connectivity index is 2.45. The standard InChI is InChI=1S/C15H20N2O2/c1-3-19-14(18)15(9-5-4-6-10-15)13-8-7-12(16)11(2)17-13/h4-5,7-8H,3,6,9-10,16H2,1-2H3. The van der Waals surface area contributed by atoms with E-state index >= 15 is 0 Å². The highest BCUT2D eigenvalue weighted by molar-refractivity contribution is 5.83. The Labute approximate surface area is 113 Å². The predicted octanol–water partition coefficient (Wildman–Crippen LogP) is 2.51. The van der Waals surface area contributed by atoms with E-state index in [0.29, 0.717) is 18.7 Å². The molecule has 1 aliphatic rings. The van der Waals surface area contributed by atoms with Crippen LogP contribution in [0.15, 0.2) is 24.3 Å². The maximum absolute atomic E-state index is 12.4. The summed E-state index contributed by atoms with van der Waals surface area (Å²) in [5.74, 6) is -0.184. The van der Waals surface area contributed by atoms with Gasteiger partial charge >= 0.3 is 5.97 Å². The Kier molecular flexibility index (Phi) is 3.88. The highest BCUT2D eigenvalue weighted by atomic mass is 16.5. The number of ether oxygens (including phenoxy) is 1. The Morgan fingerprint density at radius 2 is 2.26 bits per heavy atom. The molecule has 1 aromatic heterocycles. The molecule has 0 spiro atoms. The summed E-state index contributed by atoms with van der Waals surface area (Å²) in [6, 6.07) is 3.66. The van der Waals surface area contributed by atoms with E-state index in [-0.39, 0.29) is 5.97 Å². The van der Waals surface area contributed by atoms with Crippen molar-refractivity contribution in [2.75, 3.05) is 12.3 Å². The van der Waals surface area contributed by atoms with Gasteiger partial charge in [0.1, 0.15) is 5.41 Å². The molecule has 0 saturated heterocycles. The monoisotopic (exact) mass is 260 g/mol. The van der Waals surface area contributed by atoms with Crippen LogP contribution >= 0.6 is 0 Å². The lowest BCUT2D eigenvalue weighted by Crippen LogP contribution is -2.39. The number of hydrogen-bond acceptors (Lipinski definition) is 4. The van der Waals surface area contributed by atoms with E-state index in [1.807, 2.05) is 32.1 Å². The molecule has 0 aromatic carbocycles. The normalized spacial score (nSPS) is 22.2. The summed E-state index contributed by atoms with van der Waals surface area (Å²) in [6.07, 6.45) is 6.38.